The molecule has 0 unspecified atom stereocenters. The van der Waals surface area contributed by atoms with Gasteiger partial charge >= 0.3 is 6.61 Å². The largest absolute Gasteiger partial charge is 0.493 e. The Morgan fingerprint density at radius 1 is 1.19 bits per heavy atom. The van der Waals surface area contributed by atoms with Crippen LogP contribution in [0.4, 0.5) is 8.78 Å². The maximum absolute atomic E-state index is 12.7. The molecule has 27 heavy (non-hydrogen) atoms. The molecule has 0 aliphatic heterocycles. The number of ether oxygens (including phenoxy) is 2. The molecule has 0 saturated carbocycles. The molecule has 1 N–H and O–H groups in total. The Labute approximate surface area is 159 Å². The van der Waals surface area contributed by atoms with Crippen molar-refractivity contribution >= 4 is 28.4 Å². The van der Waals surface area contributed by atoms with E-state index in [2.05, 4.69) is 9.72 Å². The van der Waals surface area contributed by atoms with Crippen molar-refractivity contribution in [2.75, 3.05) is 14.2 Å². The molecular formula is C19H17ClF2N2O3. The molecule has 1 heterocycles. The topological polar surface area (TPSA) is 54.6 Å². The number of benzene rings is 2. The van der Waals surface area contributed by atoms with Gasteiger partial charge in [-0.15, -0.1) is 0 Å². The lowest BCUT2D eigenvalue weighted by Crippen LogP contribution is -2.26. The number of halogens is 3. The van der Waals surface area contributed by atoms with E-state index >= 15 is 0 Å². The number of fused-ring (bicyclic) bond motifs is 1. The first-order valence-corrected chi connectivity index (χ1v) is 8.40. The van der Waals surface area contributed by atoms with Gasteiger partial charge in [0.05, 0.1) is 7.11 Å². The van der Waals surface area contributed by atoms with Gasteiger partial charge in [0.1, 0.15) is 5.69 Å². The average Bonchev–Trinajstić information content (AvgIpc) is 3.04. The number of carbonyl (C=O) groups excluding carboxylic acids is 1. The van der Waals surface area contributed by atoms with Gasteiger partial charge in [-0.25, -0.2) is 0 Å². The predicted octanol–water partition coefficient (Wildman–Crippen LogP) is 4.70. The Morgan fingerprint density at radius 3 is 2.67 bits per heavy atom. The minimum atomic E-state index is -2.94. The summed E-state index contributed by atoms with van der Waals surface area (Å²) in [4.78, 5) is 17.3. The standard InChI is InChI=1S/C19H17ClF2N2O3/c1-24(10-11-3-6-16(27-19(21)22)17(7-11)26-2)18(25)15-9-12-8-13(20)4-5-14(12)23-15/h3-9,19,23H,10H2,1-2H3. The summed E-state index contributed by atoms with van der Waals surface area (Å²) in [6.45, 7) is -2.68. The number of rotatable bonds is 6. The Bertz CT molecular complexity index is 975. The van der Waals surface area contributed by atoms with Gasteiger partial charge in [-0.05, 0) is 42.0 Å². The first-order valence-electron chi connectivity index (χ1n) is 8.03. The number of alkyl halides is 2. The Kier molecular flexibility index (Phi) is 5.51. The van der Waals surface area contributed by atoms with Gasteiger partial charge in [0.25, 0.3) is 5.91 Å². The molecule has 1 aromatic heterocycles. The third-order valence-electron chi connectivity index (χ3n) is 4.02. The number of carbonyl (C=O) groups is 1. The van der Waals surface area contributed by atoms with Crippen LogP contribution in [0.25, 0.3) is 10.9 Å². The predicted molar refractivity (Wildman–Crippen MR) is 98.7 cm³/mol. The fraction of sp³-hybridized carbons (Fsp3) is 0.211. The number of aromatic nitrogens is 1. The summed E-state index contributed by atoms with van der Waals surface area (Å²) in [5.41, 5.74) is 1.95. The molecule has 0 spiro atoms. The number of hydrogen-bond acceptors (Lipinski definition) is 3. The summed E-state index contributed by atoms with van der Waals surface area (Å²) < 4.78 is 34.3. The zero-order chi connectivity index (χ0) is 19.6. The molecule has 0 fully saturated rings. The van der Waals surface area contributed by atoms with E-state index in [4.69, 9.17) is 16.3 Å². The number of amides is 1. The summed E-state index contributed by atoms with van der Waals surface area (Å²) >= 11 is 5.97. The Hall–Kier alpha value is -2.80. The van der Waals surface area contributed by atoms with Gasteiger partial charge in [-0.2, -0.15) is 8.78 Å². The van der Waals surface area contributed by atoms with Crippen LogP contribution in [-0.4, -0.2) is 36.6 Å². The average molecular weight is 395 g/mol. The van der Waals surface area contributed by atoms with Crippen molar-refractivity contribution in [3.8, 4) is 11.5 Å². The molecular weight excluding hydrogens is 378 g/mol. The second-order valence-electron chi connectivity index (χ2n) is 5.94. The third kappa shape index (κ3) is 4.31. The highest BCUT2D eigenvalue weighted by atomic mass is 35.5. The van der Waals surface area contributed by atoms with Crippen LogP contribution < -0.4 is 9.47 Å². The van der Waals surface area contributed by atoms with E-state index in [1.54, 1.807) is 43.4 Å². The normalized spacial score (nSPS) is 11.0. The minimum absolute atomic E-state index is 0.0577. The molecule has 0 saturated heterocycles. The van der Waals surface area contributed by atoms with E-state index in [9.17, 15) is 13.6 Å². The van der Waals surface area contributed by atoms with Gasteiger partial charge < -0.3 is 19.4 Å². The smallest absolute Gasteiger partial charge is 0.387 e. The lowest BCUT2D eigenvalue weighted by Gasteiger charge is -2.18. The molecule has 1 amide bonds. The lowest BCUT2D eigenvalue weighted by atomic mass is 10.2. The molecule has 3 aromatic rings. The summed E-state index contributed by atoms with van der Waals surface area (Å²) in [5, 5.41) is 1.43. The first-order chi connectivity index (χ1) is 12.9. The molecule has 3 rings (SSSR count). The fourth-order valence-electron chi connectivity index (χ4n) is 2.77. The van der Waals surface area contributed by atoms with E-state index in [1.165, 1.54) is 18.1 Å². The van der Waals surface area contributed by atoms with Crippen molar-refractivity contribution in [2.45, 2.75) is 13.2 Å². The zero-order valence-corrected chi connectivity index (χ0v) is 15.4. The molecule has 5 nitrogen and oxygen atoms in total. The maximum Gasteiger partial charge on any atom is 0.387 e. The van der Waals surface area contributed by atoms with E-state index in [1.807, 2.05) is 0 Å². The minimum Gasteiger partial charge on any atom is -0.493 e. The SMILES string of the molecule is COc1cc(CN(C)C(=O)c2cc3cc(Cl)ccc3[nH]2)ccc1OC(F)F. The lowest BCUT2D eigenvalue weighted by molar-refractivity contribution is -0.0512. The molecule has 142 valence electrons. The highest BCUT2D eigenvalue weighted by Gasteiger charge is 2.17. The van der Waals surface area contributed by atoms with E-state index in [0.717, 1.165) is 10.9 Å². The summed E-state index contributed by atoms with van der Waals surface area (Å²) in [6.07, 6.45) is 0. The van der Waals surface area contributed by atoms with Gasteiger partial charge in [0.15, 0.2) is 11.5 Å². The Morgan fingerprint density at radius 2 is 1.96 bits per heavy atom. The number of nitrogens with one attached hydrogen (secondary N) is 1. The van der Waals surface area contributed by atoms with Crippen LogP contribution >= 0.6 is 11.6 Å². The monoisotopic (exact) mass is 394 g/mol. The quantitative estimate of drug-likeness (QED) is 0.659. The number of H-pyrrole nitrogens is 1. The summed E-state index contributed by atoms with van der Waals surface area (Å²) in [5.74, 6) is -0.0965. The van der Waals surface area contributed by atoms with Gasteiger partial charge in [-0.1, -0.05) is 17.7 Å². The molecule has 8 heteroatoms. The second-order valence-corrected chi connectivity index (χ2v) is 6.38. The third-order valence-corrected chi connectivity index (χ3v) is 4.26. The van der Waals surface area contributed by atoms with Crippen molar-refractivity contribution in [1.82, 2.24) is 9.88 Å². The summed E-state index contributed by atoms with van der Waals surface area (Å²) in [6, 6.07) is 11.6. The summed E-state index contributed by atoms with van der Waals surface area (Å²) in [7, 11) is 3.01. The number of aromatic amines is 1. The zero-order valence-electron chi connectivity index (χ0n) is 14.6. The van der Waals surface area contributed by atoms with Crippen molar-refractivity contribution in [2.24, 2.45) is 0 Å². The highest BCUT2D eigenvalue weighted by molar-refractivity contribution is 6.31. The molecule has 0 atom stereocenters. The van der Waals surface area contributed by atoms with E-state index in [0.29, 0.717) is 16.3 Å². The number of nitrogens with zero attached hydrogens (tertiary/aromatic N) is 1. The molecule has 0 aliphatic carbocycles. The van der Waals surface area contributed by atoms with Crippen LogP contribution in [0.15, 0.2) is 42.5 Å². The van der Waals surface area contributed by atoms with Gasteiger partial charge in [-0.3, -0.25) is 4.79 Å². The van der Waals surface area contributed by atoms with Crippen molar-refractivity contribution in [3.05, 3.63) is 58.7 Å². The van der Waals surface area contributed by atoms with Crippen LogP contribution in [0.3, 0.4) is 0 Å². The van der Waals surface area contributed by atoms with Crippen LogP contribution in [0.5, 0.6) is 11.5 Å². The van der Waals surface area contributed by atoms with E-state index < -0.39 is 6.61 Å². The van der Waals surface area contributed by atoms with Gasteiger partial charge in [0.2, 0.25) is 0 Å². The molecule has 2 aromatic carbocycles. The Balaban J connectivity index is 1.77. The number of hydrogen-bond donors (Lipinski definition) is 1. The molecule has 0 bridgehead atoms. The highest BCUT2D eigenvalue weighted by Crippen LogP contribution is 2.30. The van der Waals surface area contributed by atoms with E-state index in [-0.39, 0.29) is 24.0 Å². The van der Waals surface area contributed by atoms with Crippen LogP contribution in [0.2, 0.25) is 5.02 Å². The van der Waals surface area contributed by atoms with Crippen molar-refractivity contribution in [3.63, 3.8) is 0 Å². The van der Waals surface area contributed by atoms with Crippen LogP contribution in [0, 0.1) is 0 Å². The first kappa shape index (κ1) is 19.0. The van der Waals surface area contributed by atoms with Crippen LogP contribution in [-0.2, 0) is 6.54 Å². The number of methoxy groups -OCH3 is 1. The van der Waals surface area contributed by atoms with Crippen molar-refractivity contribution < 1.29 is 23.0 Å². The fourth-order valence-corrected chi connectivity index (χ4v) is 2.95. The maximum atomic E-state index is 12.7. The van der Waals surface area contributed by atoms with Gasteiger partial charge in [0, 0.05) is 29.5 Å². The van der Waals surface area contributed by atoms with Crippen molar-refractivity contribution in [1.29, 1.82) is 0 Å². The molecule has 0 aliphatic rings. The van der Waals surface area contributed by atoms with Crippen LogP contribution in [0.1, 0.15) is 16.1 Å². The molecule has 0 radical (unpaired) electrons. The second kappa shape index (κ2) is 7.84.